The second kappa shape index (κ2) is 12.4. The molecule has 2 aromatic carbocycles. The molecule has 1 aromatic heterocycles. The Morgan fingerprint density at radius 2 is 1.91 bits per heavy atom. The third-order valence-corrected chi connectivity index (χ3v) is 6.13. The zero-order valence-electron chi connectivity index (χ0n) is 18.8. The van der Waals surface area contributed by atoms with Crippen molar-refractivity contribution in [2.75, 3.05) is 19.0 Å². The number of rotatable bonds is 12. The Morgan fingerprint density at radius 1 is 1.16 bits per heavy atom. The van der Waals surface area contributed by atoms with Gasteiger partial charge in [-0.1, -0.05) is 54.2 Å². The number of nitrogens with zero attached hydrogens (tertiary/aromatic N) is 2. The van der Waals surface area contributed by atoms with E-state index in [0.717, 1.165) is 12.8 Å². The highest BCUT2D eigenvalue weighted by Crippen LogP contribution is 2.18. The zero-order valence-corrected chi connectivity index (χ0v) is 19.6. The number of fused-ring (bicyclic) bond motifs is 1. The molecule has 0 fully saturated rings. The number of carbonyl (C=O) groups excluding carboxylic acids is 1. The number of hydrogen-bond donors (Lipinski definition) is 1. The Morgan fingerprint density at radius 3 is 2.69 bits per heavy atom. The topological polar surface area (TPSA) is 73.2 Å². The molecule has 0 aliphatic heterocycles. The molecular weight excluding hydrogens is 422 g/mol. The van der Waals surface area contributed by atoms with Crippen molar-refractivity contribution in [3.05, 3.63) is 70.5 Å². The van der Waals surface area contributed by atoms with E-state index in [-0.39, 0.29) is 23.3 Å². The maximum Gasteiger partial charge on any atom is 0.262 e. The van der Waals surface area contributed by atoms with Crippen molar-refractivity contribution in [1.82, 2.24) is 14.9 Å². The Bertz CT molecular complexity index is 1070. The van der Waals surface area contributed by atoms with Gasteiger partial charge in [-0.25, -0.2) is 4.98 Å². The zero-order chi connectivity index (χ0) is 22.8. The number of amides is 1. The molecule has 1 heterocycles. The maximum absolute atomic E-state index is 13.0. The largest absolute Gasteiger partial charge is 0.382 e. The standard InChI is InChI=1S/C25H31N3O3S/c1-3-31-17-9-16-28-24(30)21-12-7-8-13-22(21)27-25(28)32-18-23(29)26-19(2)14-15-20-10-5-4-6-11-20/h4-8,10-13,19H,3,9,14-18H2,1-2H3,(H,26,29)/t19-/m0/s1. The molecule has 0 aliphatic carbocycles. The molecule has 0 aliphatic rings. The molecule has 0 spiro atoms. The van der Waals surface area contributed by atoms with E-state index in [2.05, 4.69) is 22.4 Å². The van der Waals surface area contributed by atoms with Crippen LogP contribution in [0, 0.1) is 0 Å². The molecule has 0 saturated heterocycles. The number of thioether (sulfide) groups is 1. The van der Waals surface area contributed by atoms with Crippen LogP contribution in [0.1, 0.15) is 32.3 Å². The van der Waals surface area contributed by atoms with Gasteiger partial charge in [-0.2, -0.15) is 0 Å². The molecule has 3 rings (SSSR count). The van der Waals surface area contributed by atoms with Crippen LogP contribution in [0.3, 0.4) is 0 Å². The fourth-order valence-electron chi connectivity index (χ4n) is 3.47. The summed E-state index contributed by atoms with van der Waals surface area (Å²) in [6.07, 6.45) is 2.50. The lowest BCUT2D eigenvalue weighted by atomic mass is 10.1. The molecule has 0 saturated carbocycles. The van der Waals surface area contributed by atoms with Crippen LogP contribution < -0.4 is 10.9 Å². The van der Waals surface area contributed by atoms with Gasteiger partial charge in [0.25, 0.3) is 5.56 Å². The molecule has 0 bridgehead atoms. The third-order valence-electron chi connectivity index (χ3n) is 5.15. The van der Waals surface area contributed by atoms with Gasteiger partial charge in [0.2, 0.25) is 5.91 Å². The van der Waals surface area contributed by atoms with Gasteiger partial charge < -0.3 is 10.1 Å². The summed E-state index contributed by atoms with van der Waals surface area (Å²) in [6, 6.07) is 17.7. The van der Waals surface area contributed by atoms with E-state index in [1.54, 1.807) is 10.6 Å². The smallest absolute Gasteiger partial charge is 0.262 e. The predicted octanol–water partition coefficient (Wildman–Crippen LogP) is 4.05. The van der Waals surface area contributed by atoms with Crippen molar-refractivity contribution in [2.24, 2.45) is 0 Å². The average molecular weight is 454 g/mol. The molecular formula is C25H31N3O3S. The predicted molar refractivity (Wildman–Crippen MR) is 130 cm³/mol. The highest BCUT2D eigenvalue weighted by Gasteiger charge is 2.14. The number of ether oxygens (including phenoxy) is 1. The summed E-state index contributed by atoms with van der Waals surface area (Å²) in [4.78, 5) is 30.2. The van der Waals surface area contributed by atoms with Gasteiger partial charge in [-0.15, -0.1) is 0 Å². The molecule has 1 N–H and O–H groups in total. The van der Waals surface area contributed by atoms with Crippen LogP contribution in [0.25, 0.3) is 10.9 Å². The number of nitrogens with one attached hydrogen (secondary N) is 1. The quantitative estimate of drug-likeness (QED) is 0.254. The van der Waals surface area contributed by atoms with E-state index in [9.17, 15) is 9.59 Å². The molecule has 3 aromatic rings. The van der Waals surface area contributed by atoms with Crippen molar-refractivity contribution in [1.29, 1.82) is 0 Å². The summed E-state index contributed by atoms with van der Waals surface area (Å²) < 4.78 is 7.08. The normalized spacial score (nSPS) is 12.1. The number of benzene rings is 2. The lowest BCUT2D eigenvalue weighted by Crippen LogP contribution is -2.34. The van der Waals surface area contributed by atoms with Crippen molar-refractivity contribution in [2.45, 2.75) is 50.9 Å². The molecule has 0 radical (unpaired) electrons. The number of carbonyl (C=O) groups is 1. The fraction of sp³-hybridized carbons (Fsp3) is 0.400. The highest BCUT2D eigenvalue weighted by atomic mass is 32.2. The van der Waals surface area contributed by atoms with Crippen molar-refractivity contribution in [3.8, 4) is 0 Å². The van der Waals surface area contributed by atoms with Gasteiger partial charge in [-0.3, -0.25) is 14.2 Å². The van der Waals surface area contributed by atoms with E-state index in [0.29, 0.717) is 42.2 Å². The van der Waals surface area contributed by atoms with Crippen LogP contribution in [0.4, 0.5) is 0 Å². The van der Waals surface area contributed by atoms with Gasteiger partial charge in [-0.05, 0) is 50.8 Å². The second-order valence-corrected chi connectivity index (χ2v) is 8.64. The van der Waals surface area contributed by atoms with Gasteiger partial charge in [0.05, 0.1) is 16.7 Å². The van der Waals surface area contributed by atoms with Gasteiger partial charge in [0, 0.05) is 25.8 Å². The monoisotopic (exact) mass is 453 g/mol. The summed E-state index contributed by atoms with van der Waals surface area (Å²) in [7, 11) is 0. The third kappa shape index (κ3) is 6.93. The number of hydrogen-bond acceptors (Lipinski definition) is 5. The van der Waals surface area contributed by atoms with Crippen LogP contribution in [-0.4, -0.2) is 40.5 Å². The summed E-state index contributed by atoms with van der Waals surface area (Å²) >= 11 is 1.30. The minimum absolute atomic E-state index is 0.0566. The summed E-state index contributed by atoms with van der Waals surface area (Å²) in [6.45, 7) is 5.70. The first-order chi connectivity index (χ1) is 15.6. The lowest BCUT2D eigenvalue weighted by molar-refractivity contribution is -0.119. The first kappa shape index (κ1) is 24.0. The lowest BCUT2D eigenvalue weighted by Gasteiger charge is -2.15. The fourth-order valence-corrected chi connectivity index (χ4v) is 4.31. The summed E-state index contributed by atoms with van der Waals surface area (Å²) in [5.41, 5.74) is 1.84. The highest BCUT2D eigenvalue weighted by molar-refractivity contribution is 7.99. The van der Waals surface area contributed by atoms with Crippen molar-refractivity contribution < 1.29 is 9.53 Å². The van der Waals surface area contributed by atoms with Gasteiger partial charge in [0.1, 0.15) is 0 Å². The van der Waals surface area contributed by atoms with Crippen molar-refractivity contribution in [3.63, 3.8) is 0 Å². The number of aromatic nitrogens is 2. The van der Waals surface area contributed by atoms with Gasteiger partial charge >= 0.3 is 0 Å². The Balaban J connectivity index is 1.62. The molecule has 6 nitrogen and oxygen atoms in total. The maximum atomic E-state index is 13.0. The molecule has 7 heteroatoms. The van der Waals surface area contributed by atoms with Crippen LogP contribution >= 0.6 is 11.8 Å². The van der Waals surface area contributed by atoms with Crippen LogP contribution in [0.2, 0.25) is 0 Å². The molecule has 32 heavy (non-hydrogen) atoms. The Hall–Kier alpha value is -2.64. The molecule has 0 unspecified atom stereocenters. The number of para-hydroxylation sites is 1. The second-order valence-electron chi connectivity index (χ2n) is 7.70. The first-order valence-electron chi connectivity index (χ1n) is 11.1. The molecule has 170 valence electrons. The van der Waals surface area contributed by atoms with E-state index in [4.69, 9.17) is 4.74 Å². The van der Waals surface area contributed by atoms with Crippen LogP contribution in [0.15, 0.2) is 64.5 Å². The molecule has 1 amide bonds. The van der Waals surface area contributed by atoms with E-state index in [1.807, 2.05) is 50.2 Å². The SMILES string of the molecule is CCOCCCn1c(SCC(=O)N[C@@H](C)CCc2ccccc2)nc2ccccc2c1=O. The van der Waals surface area contributed by atoms with E-state index in [1.165, 1.54) is 17.3 Å². The van der Waals surface area contributed by atoms with E-state index >= 15 is 0 Å². The minimum atomic E-state index is -0.0776. The average Bonchev–Trinajstić information content (AvgIpc) is 2.81. The van der Waals surface area contributed by atoms with Crippen molar-refractivity contribution >= 4 is 28.6 Å². The Labute approximate surface area is 193 Å². The Kier molecular flexibility index (Phi) is 9.31. The van der Waals surface area contributed by atoms with Gasteiger partial charge in [0.15, 0.2) is 5.16 Å². The number of aryl methyl sites for hydroxylation is 1. The van der Waals surface area contributed by atoms with Crippen LogP contribution in [-0.2, 0) is 22.5 Å². The minimum Gasteiger partial charge on any atom is -0.382 e. The molecule has 1 atom stereocenters. The summed E-state index contributed by atoms with van der Waals surface area (Å²) in [5.74, 6) is 0.158. The summed E-state index contributed by atoms with van der Waals surface area (Å²) in [5, 5.41) is 4.21. The first-order valence-corrected chi connectivity index (χ1v) is 12.1. The van der Waals surface area contributed by atoms with E-state index < -0.39 is 0 Å². The van der Waals surface area contributed by atoms with Crippen LogP contribution in [0.5, 0.6) is 0 Å².